The molecule has 1 heterocycles. The smallest absolute Gasteiger partial charge is 0.115 e. The lowest BCUT2D eigenvalue weighted by Gasteiger charge is -2.08. The Morgan fingerprint density at radius 1 is 1.17 bits per heavy atom. The van der Waals surface area contributed by atoms with Gasteiger partial charge < -0.3 is 10.5 Å². The molecular formula is C9H10N2O. The molecule has 0 aliphatic carbocycles. The van der Waals surface area contributed by atoms with E-state index in [1.807, 2.05) is 24.4 Å². The zero-order valence-electron chi connectivity index (χ0n) is 6.49. The van der Waals surface area contributed by atoms with Gasteiger partial charge in [0, 0.05) is 6.20 Å². The minimum absolute atomic E-state index is 0.214. The predicted octanol–water partition coefficient (Wildman–Crippen LogP) is 1.05. The predicted molar refractivity (Wildman–Crippen MR) is 46.3 cm³/mol. The molecule has 3 heteroatoms. The van der Waals surface area contributed by atoms with E-state index in [2.05, 4.69) is 10.9 Å². The Bertz CT molecular complexity index is 292. The Morgan fingerprint density at radius 2 is 1.92 bits per heavy atom. The molecule has 1 aromatic rings. The molecule has 0 bridgehead atoms. The molecule has 2 rings (SSSR count). The van der Waals surface area contributed by atoms with E-state index in [0.29, 0.717) is 5.75 Å². The molecule has 0 amide bonds. The van der Waals surface area contributed by atoms with Gasteiger partial charge in [0.05, 0.1) is 6.04 Å². The molecular weight excluding hydrogens is 152 g/mol. The molecule has 62 valence electrons. The fourth-order valence-corrected chi connectivity index (χ4v) is 1.21. The van der Waals surface area contributed by atoms with Crippen LogP contribution in [0.3, 0.4) is 0 Å². The van der Waals surface area contributed by atoms with E-state index in [1.54, 1.807) is 12.1 Å². The summed E-state index contributed by atoms with van der Waals surface area (Å²) < 4.78 is 0. The molecule has 1 aliphatic rings. The highest BCUT2D eigenvalue weighted by Crippen LogP contribution is 2.18. The topological polar surface area (TPSA) is 44.3 Å². The number of phenols is 1. The van der Waals surface area contributed by atoms with Crippen LogP contribution in [-0.4, -0.2) is 5.11 Å². The summed E-state index contributed by atoms with van der Waals surface area (Å²) in [6.07, 6.45) is 3.88. The molecule has 3 N–H and O–H groups in total. The molecule has 0 saturated carbocycles. The number of hydrazine groups is 1. The second-order valence-electron chi connectivity index (χ2n) is 2.72. The van der Waals surface area contributed by atoms with E-state index in [1.165, 1.54) is 0 Å². The third kappa shape index (κ3) is 1.26. The van der Waals surface area contributed by atoms with Crippen LogP contribution in [-0.2, 0) is 0 Å². The Kier molecular flexibility index (Phi) is 1.72. The van der Waals surface area contributed by atoms with E-state index in [4.69, 9.17) is 5.11 Å². The van der Waals surface area contributed by atoms with Crippen molar-refractivity contribution in [1.82, 2.24) is 10.9 Å². The normalized spacial score (nSPS) is 20.8. The van der Waals surface area contributed by atoms with Crippen molar-refractivity contribution in [2.75, 3.05) is 0 Å². The number of phenolic OH excluding ortho intramolecular Hbond substituents is 1. The molecule has 3 nitrogen and oxygen atoms in total. The van der Waals surface area contributed by atoms with Crippen molar-refractivity contribution in [2.45, 2.75) is 6.04 Å². The van der Waals surface area contributed by atoms with Gasteiger partial charge in [0.2, 0.25) is 0 Å². The SMILES string of the molecule is Oc1ccc(C2C=CNN2)cc1. The van der Waals surface area contributed by atoms with Gasteiger partial charge in [-0.2, -0.15) is 0 Å². The van der Waals surface area contributed by atoms with Crippen LogP contribution >= 0.6 is 0 Å². The van der Waals surface area contributed by atoms with Gasteiger partial charge >= 0.3 is 0 Å². The van der Waals surface area contributed by atoms with Gasteiger partial charge in [0.25, 0.3) is 0 Å². The molecule has 0 aromatic heterocycles. The summed E-state index contributed by atoms with van der Waals surface area (Å²) in [5.41, 5.74) is 7.08. The molecule has 1 atom stereocenters. The van der Waals surface area contributed by atoms with Crippen molar-refractivity contribution in [3.8, 4) is 5.75 Å². The summed E-state index contributed by atoms with van der Waals surface area (Å²) in [6.45, 7) is 0. The standard InChI is InChI=1S/C9H10N2O/c12-8-3-1-7(2-4-8)9-5-6-10-11-9/h1-6,9-12H. The summed E-state index contributed by atoms with van der Waals surface area (Å²) in [5.74, 6) is 0.300. The minimum Gasteiger partial charge on any atom is -0.508 e. The molecule has 1 unspecified atom stereocenters. The van der Waals surface area contributed by atoms with Gasteiger partial charge in [-0.15, -0.1) is 0 Å². The number of rotatable bonds is 1. The van der Waals surface area contributed by atoms with Crippen LogP contribution in [0.15, 0.2) is 36.5 Å². The highest BCUT2D eigenvalue weighted by Gasteiger charge is 2.09. The van der Waals surface area contributed by atoms with Crippen LogP contribution in [0.1, 0.15) is 11.6 Å². The number of hydrogen-bond donors (Lipinski definition) is 3. The summed E-state index contributed by atoms with van der Waals surface area (Å²) in [6, 6.07) is 7.37. The van der Waals surface area contributed by atoms with E-state index < -0.39 is 0 Å². The molecule has 1 aliphatic heterocycles. The summed E-state index contributed by atoms with van der Waals surface area (Å²) in [7, 11) is 0. The second-order valence-corrected chi connectivity index (χ2v) is 2.72. The summed E-state index contributed by atoms with van der Waals surface area (Å²) >= 11 is 0. The van der Waals surface area contributed by atoms with Gasteiger partial charge in [0.1, 0.15) is 5.75 Å². The fourth-order valence-electron chi connectivity index (χ4n) is 1.21. The first-order chi connectivity index (χ1) is 5.86. The lowest BCUT2D eigenvalue weighted by Crippen LogP contribution is -2.23. The zero-order valence-corrected chi connectivity index (χ0v) is 6.49. The third-order valence-corrected chi connectivity index (χ3v) is 1.86. The Hall–Kier alpha value is -1.48. The maximum absolute atomic E-state index is 9.05. The van der Waals surface area contributed by atoms with Crippen molar-refractivity contribution in [2.24, 2.45) is 0 Å². The van der Waals surface area contributed by atoms with Crippen molar-refractivity contribution in [3.63, 3.8) is 0 Å². The molecule has 0 saturated heterocycles. The number of benzene rings is 1. The fraction of sp³-hybridized carbons (Fsp3) is 0.111. The number of aromatic hydroxyl groups is 1. The molecule has 12 heavy (non-hydrogen) atoms. The van der Waals surface area contributed by atoms with E-state index in [0.717, 1.165) is 5.56 Å². The van der Waals surface area contributed by atoms with Gasteiger partial charge in [-0.1, -0.05) is 12.1 Å². The van der Waals surface area contributed by atoms with Crippen molar-refractivity contribution in [1.29, 1.82) is 0 Å². The van der Waals surface area contributed by atoms with Gasteiger partial charge in [-0.05, 0) is 23.8 Å². The first kappa shape index (κ1) is 7.18. The average Bonchev–Trinajstić information content (AvgIpc) is 2.58. The summed E-state index contributed by atoms with van der Waals surface area (Å²) in [5, 5.41) is 9.05. The molecule has 0 fully saturated rings. The highest BCUT2D eigenvalue weighted by atomic mass is 16.3. The number of hydrogen-bond acceptors (Lipinski definition) is 3. The first-order valence-corrected chi connectivity index (χ1v) is 3.83. The van der Waals surface area contributed by atoms with Crippen LogP contribution in [0, 0.1) is 0 Å². The van der Waals surface area contributed by atoms with Crippen LogP contribution in [0.4, 0.5) is 0 Å². The third-order valence-electron chi connectivity index (χ3n) is 1.86. The molecule has 1 aromatic carbocycles. The second kappa shape index (κ2) is 2.87. The quantitative estimate of drug-likeness (QED) is 0.578. The lowest BCUT2D eigenvalue weighted by atomic mass is 10.1. The van der Waals surface area contributed by atoms with Crippen LogP contribution in [0.5, 0.6) is 5.75 Å². The van der Waals surface area contributed by atoms with E-state index >= 15 is 0 Å². The van der Waals surface area contributed by atoms with Crippen molar-refractivity contribution < 1.29 is 5.11 Å². The van der Waals surface area contributed by atoms with Gasteiger partial charge in [-0.3, -0.25) is 0 Å². The largest absolute Gasteiger partial charge is 0.508 e. The number of nitrogens with one attached hydrogen (secondary N) is 2. The van der Waals surface area contributed by atoms with Crippen LogP contribution < -0.4 is 10.9 Å². The maximum Gasteiger partial charge on any atom is 0.115 e. The van der Waals surface area contributed by atoms with E-state index in [9.17, 15) is 0 Å². The average molecular weight is 162 g/mol. The maximum atomic E-state index is 9.05. The van der Waals surface area contributed by atoms with Gasteiger partial charge in [0.15, 0.2) is 0 Å². The molecule has 0 spiro atoms. The highest BCUT2D eigenvalue weighted by molar-refractivity contribution is 5.30. The Morgan fingerprint density at radius 3 is 2.50 bits per heavy atom. The van der Waals surface area contributed by atoms with Gasteiger partial charge in [-0.25, -0.2) is 5.43 Å². The zero-order chi connectivity index (χ0) is 8.39. The first-order valence-electron chi connectivity index (χ1n) is 3.83. The van der Waals surface area contributed by atoms with E-state index in [-0.39, 0.29) is 6.04 Å². The van der Waals surface area contributed by atoms with Crippen molar-refractivity contribution in [3.05, 3.63) is 42.1 Å². The van der Waals surface area contributed by atoms with Crippen LogP contribution in [0.25, 0.3) is 0 Å². The Balaban J connectivity index is 2.23. The lowest BCUT2D eigenvalue weighted by molar-refractivity contribution is 0.474. The Labute approximate surface area is 70.7 Å². The molecule has 0 radical (unpaired) electrons. The van der Waals surface area contributed by atoms with Crippen molar-refractivity contribution >= 4 is 0 Å². The minimum atomic E-state index is 0.214. The van der Waals surface area contributed by atoms with Crippen LogP contribution in [0.2, 0.25) is 0 Å². The summed E-state index contributed by atoms with van der Waals surface area (Å²) in [4.78, 5) is 0. The monoisotopic (exact) mass is 162 g/mol.